The number of carbonyl (C=O) groups excluding carboxylic acids is 1. The maximum absolute atomic E-state index is 12.1. The summed E-state index contributed by atoms with van der Waals surface area (Å²) >= 11 is 3.24. The standard InChI is InChI=1S/C13H17BrN2O2/c1-13(7-15,8-2-3-8)16-12(18)10-5-4-9(14)6-11(10)17/h4-6,8,17H,2-3,7,15H2,1H3,(H,16,18). The van der Waals surface area contributed by atoms with Crippen LogP contribution < -0.4 is 11.1 Å². The first-order valence-electron chi connectivity index (χ1n) is 5.97. The van der Waals surface area contributed by atoms with Gasteiger partial charge in [0, 0.05) is 11.0 Å². The van der Waals surface area contributed by atoms with Gasteiger partial charge in [-0.1, -0.05) is 15.9 Å². The van der Waals surface area contributed by atoms with Crippen molar-refractivity contribution in [2.45, 2.75) is 25.3 Å². The van der Waals surface area contributed by atoms with Crippen LogP contribution in [0.25, 0.3) is 0 Å². The number of amides is 1. The number of nitrogens with two attached hydrogens (primary N) is 1. The SMILES string of the molecule is CC(CN)(NC(=O)c1ccc(Br)cc1O)C1CC1. The van der Waals surface area contributed by atoms with Gasteiger partial charge >= 0.3 is 0 Å². The number of hydrogen-bond donors (Lipinski definition) is 3. The number of carbonyl (C=O) groups is 1. The van der Waals surface area contributed by atoms with E-state index in [2.05, 4.69) is 21.2 Å². The second kappa shape index (κ2) is 4.90. The minimum atomic E-state index is -0.378. The molecule has 0 spiro atoms. The van der Waals surface area contributed by atoms with Gasteiger partial charge in [0.2, 0.25) is 0 Å². The molecule has 1 amide bonds. The zero-order valence-corrected chi connectivity index (χ0v) is 11.8. The van der Waals surface area contributed by atoms with E-state index in [0.29, 0.717) is 12.5 Å². The molecule has 4 N–H and O–H groups in total. The number of nitrogens with one attached hydrogen (secondary N) is 1. The number of phenolic OH excluding ortho intramolecular Hbond substituents is 1. The lowest BCUT2D eigenvalue weighted by Gasteiger charge is -2.29. The Bertz CT molecular complexity index is 474. The van der Waals surface area contributed by atoms with Crippen molar-refractivity contribution in [3.63, 3.8) is 0 Å². The molecule has 0 heterocycles. The van der Waals surface area contributed by atoms with Gasteiger partial charge in [-0.3, -0.25) is 4.79 Å². The molecule has 5 heteroatoms. The second-order valence-electron chi connectivity index (χ2n) is 5.01. The highest BCUT2D eigenvalue weighted by atomic mass is 79.9. The minimum Gasteiger partial charge on any atom is -0.507 e. The summed E-state index contributed by atoms with van der Waals surface area (Å²) in [6.07, 6.45) is 2.20. The highest BCUT2D eigenvalue weighted by molar-refractivity contribution is 9.10. The Morgan fingerprint density at radius 3 is 2.78 bits per heavy atom. The van der Waals surface area contributed by atoms with E-state index in [0.717, 1.165) is 17.3 Å². The fourth-order valence-electron chi connectivity index (χ4n) is 2.06. The zero-order chi connectivity index (χ0) is 13.3. The molecule has 98 valence electrons. The highest BCUT2D eigenvalue weighted by Crippen LogP contribution is 2.39. The molecule has 0 aliphatic heterocycles. The van der Waals surface area contributed by atoms with Gasteiger partial charge < -0.3 is 16.2 Å². The third-order valence-corrected chi connectivity index (χ3v) is 4.00. The molecule has 1 aliphatic rings. The second-order valence-corrected chi connectivity index (χ2v) is 5.93. The first-order valence-corrected chi connectivity index (χ1v) is 6.76. The average Bonchev–Trinajstić information content (AvgIpc) is 3.12. The van der Waals surface area contributed by atoms with Gasteiger partial charge in [0.25, 0.3) is 5.91 Å². The largest absolute Gasteiger partial charge is 0.507 e. The minimum absolute atomic E-state index is 0.0305. The van der Waals surface area contributed by atoms with Crippen LogP contribution in [0, 0.1) is 5.92 Å². The van der Waals surface area contributed by atoms with Crippen molar-refractivity contribution in [1.82, 2.24) is 5.32 Å². The lowest BCUT2D eigenvalue weighted by atomic mass is 9.95. The van der Waals surface area contributed by atoms with E-state index in [1.807, 2.05) is 6.92 Å². The molecule has 1 aromatic rings. The lowest BCUT2D eigenvalue weighted by Crippen LogP contribution is -2.53. The van der Waals surface area contributed by atoms with Crippen molar-refractivity contribution in [2.75, 3.05) is 6.54 Å². The number of aromatic hydroxyl groups is 1. The van der Waals surface area contributed by atoms with Crippen molar-refractivity contribution < 1.29 is 9.90 Å². The van der Waals surface area contributed by atoms with Gasteiger partial charge in [0.15, 0.2) is 0 Å². The zero-order valence-electron chi connectivity index (χ0n) is 10.2. The summed E-state index contributed by atoms with van der Waals surface area (Å²) in [4.78, 5) is 12.1. The number of rotatable bonds is 4. The summed E-state index contributed by atoms with van der Waals surface area (Å²) in [6.45, 7) is 2.36. The first kappa shape index (κ1) is 13.4. The van der Waals surface area contributed by atoms with Crippen molar-refractivity contribution in [2.24, 2.45) is 11.7 Å². The van der Waals surface area contributed by atoms with E-state index >= 15 is 0 Å². The molecule has 0 bridgehead atoms. The van der Waals surface area contributed by atoms with Crippen LogP contribution in [0.1, 0.15) is 30.1 Å². The van der Waals surface area contributed by atoms with Crippen molar-refractivity contribution >= 4 is 21.8 Å². The predicted octanol–water partition coefficient (Wildman–Crippen LogP) is 2.01. The molecule has 1 saturated carbocycles. The molecule has 1 aromatic carbocycles. The lowest BCUT2D eigenvalue weighted by molar-refractivity contribution is 0.0895. The normalized spacial score (nSPS) is 18.2. The maximum Gasteiger partial charge on any atom is 0.255 e. The van der Waals surface area contributed by atoms with E-state index in [9.17, 15) is 9.90 Å². The van der Waals surface area contributed by atoms with Crippen LogP contribution in [-0.4, -0.2) is 23.1 Å². The third kappa shape index (κ3) is 2.67. The molecular weight excluding hydrogens is 296 g/mol. The molecule has 18 heavy (non-hydrogen) atoms. The molecule has 0 aromatic heterocycles. The molecule has 2 rings (SSSR count). The van der Waals surface area contributed by atoms with Crippen molar-refractivity contribution in [1.29, 1.82) is 0 Å². The Balaban J connectivity index is 2.16. The van der Waals surface area contributed by atoms with Crippen LogP contribution in [0.3, 0.4) is 0 Å². The van der Waals surface area contributed by atoms with E-state index in [1.165, 1.54) is 6.07 Å². The quantitative estimate of drug-likeness (QED) is 0.796. The smallest absolute Gasteiger partial charge is 0.255 e. The van der Waals surface area contributed by atoms with E-state index < -0.39 is 0 Å². The third-order valence-electron chi connectivity index (χ3n) is 3.51. The van der Waals surface area contributed by atoms with Crippen LogP contribution in [0.15, 0.2) is 22.7 Å². The van der Waals surface area contributed by atoms with Crippen LogP contribution in [0.5, 0.6) is 5.75 Å². The fraction of sp³-hybridized carbons (Fsp3) is 0.462. The number of hydrogen-bond acceptors (Lipinski definition) is 3. The molecule has 1 atom stereocenters. The summed E-state index contributed by atoms with van der Waals surface area (Å²) < 4.78 is 0.736. The Labute approximate surface area is 115 Å². The van der Waals surface area contributed by atoms with Gasteiger partial charge in [-0.15, -0.1) is 0 Å². The summed E-state index contributed by atoms with van der Waals surface area (Å²) in [5.41, 5.74) is 5.65. The van der Waals surface area contributed by atoms with Crippen LogP contribution >= 0.6 is 15.9 Å². The van der Waals surface area contributed by atoms with Gasteiger partial charge in [-0.25, -0.2) is 0 Å². The maximum atomic E-state index is 12.1. The first-order chi connectivity index (χ1) is 8.46. The average molecular weight is 313 g/mol. The summed E-state index contributed by atoms with van der Waals surface area (Å²) in [6, 6.07) is 4.83. The van der Waals surface area contributed by atoms with Crippen molar-refractivity contribution in [3.05, 3.63) is 28.2 Å². The Morgan fingerprint density at radius 2 is 2.28 bits per heavy atom. The number of benzene rings is 1. The van der Waals surface area contributed by atoms with Gasteiger partial charge in [0.1, 0.15) is 5.75 Å². The van der Waals surface area contributed by atoms with Crippen LogP contribution in [0.4, 0.5) is 0 Å². The molecule has 4 nitrogen and oxygen atoms in total. The van der Waals surface area contributed by atoms with Gasteiger partial charge in [-0.2, -0.15) is 0 Å². The molecule has 1 aliphatic carbocycles. The monoisotopic (exact) mass is 312 g/mol. The molecular formula is C13H17BrN2O2. The Kier molecular flexibility index (Phi) is 3.64. The summed E-state index contributed by atoms with van der Waals surface area (Å²) in [5, 5.41) is 12.7. The predicted molar refractivity (Wildman–Crippen MR) is 73.5 cm³/mol. The summed E-state index contributed by atoms with van der Waals surface area (Å²) in [7, 11) is 0. The molecule has 1 unspecified atom stereocenters. The number of phenols is 1. The summed E-state index contributed by atoms with van der Waals surface area (Å²) in [5.74, 6) is 0.140. The topological polar surface area (TPSA) is 75.3 Å². The molecule has 1 fully saturated rings. The Morgan fingerprint density at radius 1 is 1.61 bits per heavy atom. The van der Waals surface area contributed by atoms with Gasteiger partial charge in [0.05, 0.1) is 11.1 Å². The number of halogens is 1. The molecule has 0 saturated heterocycles. The molecule has 0 radical (unpaired) electrons. The highest BCUT2D eigenvalue weighted by Gasteiger charge is 2.41. The van der Waals surface area contributed by atoms with Crippen LogP contribution in [0.2, 0.25) is 0 Å². The van der Waals surface area contributed by atoms with Crippen molar-refractivity contribution in [3.8, 4) is 5.75 Å². The van der Waals surface area contributed by atoms with E-state index in [-0.39, 0.29) is 22.8 Å². The van der Waals surface area contributed by atoms with E-state index in [1.54, 1.807) is 12.1 Å². The van der Waals surface area contributed by atoms with Gasteiger partial charge in [-0.05, 0) is 43.9 Å². The van der Waals surface area contributed by atoms with E-state index in [4.69, 9.17) is 5.73 Å². The Hall–Kier alpha value is -1.07. The fourth-order valence-corrected chi connectivity index (χ4v) is 2.41. The van der Waals surface area contributed by atoms with Crippen LogP contribution in [-0.2, 0) is 0 Å².